The van der Waals surface area contributed by atoms with Crippen LogP contribution in [0.5, 0.6) is 0 Å². The third-order valence-corrected chi connectivity index (χ3v) is 1.11. The zero-order chi connectivity index (χ0) is 8.69. The van der Waals surface area contributed by atoms with Gasteiger partial charge < -0.3 is 10.5 Å². The standard InChI is InChI=1S/C7H15N3O/c1-3-7(10-9)5-11-4-6(2)8/h3,6,9H,4-5,8H2,1-2H3/b7-3+,10-9?/t6-/m1/s1. The van der Waals surface area contributed by atoms with Gasteiger partial charge in [-0.25, -0.2) is 5.53 Å². The van der Waals surface area contributed by atoms with Gasteiger partial charge in [0.1, 0.15) is 0 Å². The summed E-state index contributed by atoms with van der Waals surface area (Å²) in [5.74, 6) is 0. The van der Waals surface area contributed by atoms with Crippen LogP contribution < -0.4 is 5.73 Å². The summed E-state index contributed by atoms with van der Waals surface area (Å²) in [4.78, 5) is 0. The molecule has 0 saturated carbocycles. The molecule has 0 aliphatic carbocycles. The molecule has 0 aromatic heterocycles. The Morgan fingerprint density at radius 1 is 1.82 bits per heavy atom. The van der Waals surface area contributed by atoms with E-state index in [1.807, 2.05) is 13.8 Å². The van der Waals surface area contributed by atoms with Crippen LogP contribution in [0.1, 0.15) is 13.8 Å². The molecular weight excluding hydrogens is 142 g/mol. The van der Waals surface area contributed by atoms with Crippen LogP contribution in [-0.2, 0) is 4.74 Å². The summed E-state index contributed by atoms with van der Waals surface area (Å²) in [6, 6.07) is 0.0406. The molecule has 64 valence electrons. The van der Waals surface area contributed by atoms with E-state index in [9.17, 15) is 0 Å². The van der Waals surface area contributed by atoms with E-state index in [1.165, 1.54) is 0 Å². The van der Waals surface area contributed by atoms with Crippen LogP contribution in [0.15, 0.2) is 16.9 Å². The van der Waals surface area contributed by atoms with Crippen LogP contribution in [-0.4, -0.2) is 19.3 Å². The highest BCUT2D eigenvalue weighted by molar-refractivity contribution is 4.95. The first kappa shape index (κ1) is 10.3. The van der Waals surface area contributed by atoms with Gasteiger partial charge in [-0.1, -0.05) is 6.08 Å². The molecule has 1 atom stereocenters. The van der Waals surface area contributed by atoms with Gasteiger partial charge in [-0.3, -0.25) is 0 Å². The van der Waals surface area contributed by atoms with Crippen LogP contribution in [0.25, 0.3) is 0 Å². The summed E-state index contributed by atoms with van der Waals surface area (Å²) in [7, 11) is 0. The fourth-order valence-corrected chi connectivity index (χ4v) is 0.530. The molecule has 0 rings (SSSR count). The largest absolute Gasteiger partial charge is 0.374 e. The van der Waals surface area contributed by atoms with Crippen molar-refractivity contribution in [2.45, 2.75) is 19.9 Å². The van der Waals surface area contributed by atoms with E-state index in [4.69, 9.17) is 16.0 Å². The van der Waals surface area contributed by atoms with Crippen molar-refractivity contribution in [2.24, 2.45) is 10.8 Å². The summed E-state index contributed by atoms with van der Waals surface area (Å²) >= 11 is 0. The minimum Gasteiger partial charge on any atom is -0.374 e. The van der Waals surface area contributed by atoms with Gasteiger partial charge in [0.05, 0.1) is 18.9 Å². The molecule has 0 spiro atoms. The highest BCUT2D eigenvalue weighted by Gasteiger charge is 1.95. The van der Waals surface area contributed by atoms with Gasteiger partial charge in [-0.15, -0.1) is 0 Å². The van der Waals surface area contributed by atoms with Crippen LogP contribution in [0.3, 0.4) is 0 Å². The summed E-state index contributed by atoms with van der Waals surface area (Å²) in [5.41, 5.74) is 12.8. The van der Waals surface area contributed by atoms with Gasteiger partial charge in [0, 0.05) is 6.04 Å². The lowest BCUT2D eigenvalue weighted by atomic mass is 10.4. The first-order chi connectivity index (χ1) is 5.20. The quantitative estimate of drug-likeness (QED) is 0.590. The number of hydrogen-bond acceptors (Lipinski definition) is 4. The Balaban J connectivity index is 3.45. The molecule has 0 radical (unpaired) electrons. The summed E-state index contributed by atoms with van der Waals surface area (Å²) in [5, 5.41) is 3.25. The lowest BCUT2D eigenvalue weighted by Crippen LogP contribution is -2.22. The minimum absolute atomic E-state index is 0.0406. The highest BCUT2D eigenvalue weighted by Crippen LogP contribution is 1.96. The normalized spacial score (nSPS) is 14.6. The van der Waals surface area contributed by atoms with Crippen molar-refractivity contribution in [2.75, 3.05) is 13.2 Å². The molecule has 0 unspecified atom stereocenters. The molecule has 0 bridgehead atoms. The monoisotopic (exact) mass is 157 g/mol. The maximum atomic E-state index is 6.69. The maximum Gasteiger partial charge on any atom is 0.0903 e. The number of allylic oxidation sites excluding steroid dienone is 1. The Morgan fingerprint density at radius 2 is 2.45 bits per heavy atom. The van der Waals surface area contributed by atoms with Gasteiger partial charge in [-0.05, 0) is 13.8 Å². The molecule has 0 aliphatic heterocycles. The molecule has 0 aromatic rings. The third-order valence-electron chi connectivity index (χ3n) is 1.11. The lowest BCUT2D eigenvalue weighted by Gasteiger charge is -2.05. The predicted molar refractivity (Wildman–Crippen MR) is 43.4 cm³/mol. The maximum absolute atomic E-state index is 6.69. The van der Waals surface area contributed by atoms with Gasteiger partial charge in [0.2, 0.25) is 0 Å². The Kier molecular flexibility index (Phi) is 5.60. The molecule has 0 amide bonds. The predicted octanol–water partition coefficient (Wildman–Crippen LogP) is 1.28. The second-order valence-corrected chi connectivity index (χ2v) is 2.38. The first-order valence-electron chi connectivity index (χ1n) is 3.56. The van der Waals surface area contributed by atoms with Gasteiger partial charge in [-0.2, -0.15) is 5.11 Å². The smallest absolute Gasteiger partial charge is 0.0903 e. The summed E-state index contributed by atoms with van der Waals surface area (Å²) in [6.07, 6.45) is 1.74. The van der Waals surface area contributed by atoms with E-state index in [0.717, 1.165) is 0 Å². The van der Waals surface area contributed by atoms with E-state index in [-0.39, 0.29) is 6.04 Å². The van der Waals surface area contributed by atoms with Crippen LogP contribution in [0.4, 0.5) is 0 Å². The average Bonchev–Trinajstić information content (AvgIpc) is 1.98. The van der Waals surface area contributed by atoms with Crippen molar-refractivity contribution >= 4 is 0 Å². The molecule has 0 aliphatic rings. The Morgan fingerprint density at radius 3 is 2.82 bits per heavy atom. The molecule has 3 N–H and O–H groups in total. The Hall–Kier alpha value is -0.740. The Labute approximate surface area is 66.9 Å². The highest BCUT2D eigenvalue weighted by atomic mass is 16.5. The van der Waals surface area contributed by atoms with Gasteiger partial charge >= 0.3 is 0 Å². The van der Waals surface area contributed by atoms with Crippen molar-refractivity contribution in [3.8, 4) is 0 Å². The molecular formula is C7H15N3O. The van der Waals surface area contributed by atoms with Crippen molar-refractivity contribution < 1.29 is 4.74 Å². The van der Waals surface area contributed by atoms with E-state index in [1.54, 1.807) is 6.08 Å². The van der Waals surface area contributed by atoms with Crippen molar-refractivity contribution in [1.82, 2.24) is 0 Å². The van der Waals surface area contributed by atoms with Crippen molar-refractivity contribution in [1.29, 1.82) is 5.53 Å². The average molecular weight is 157 g/mol. The van der Waals surface area contributed by atoms with Crippen molar-refractivity contribution in [3.05, 3.63) is 11.8 Å². The molecule has 4 nitrogen and oxygen atoms in total. The van der Waals surface area contributed by atoms with Crippen molar-refractivity contribution in [3.63, 3.8) is 0 Å². The van der Waals surface area contributed by atoms with Gasteiger partial charge in [0.15, 0.2) is 0 Å². The fourth-order valence-electron chi connectivity index (χ4n) is 0.530. The van der Waals surface area contributed by atoms with E-state index >= 15 is 0 Å². The second kappa shape index (κ2) is 6.00. The zero-order valence-electron chi connectivity index (χ0n) is 7.00. The van der Waals surface area contributed by atoms with E-state index < -0.39 is 0 Å². The number of rotatable bonds is 5. The Bertz CT molecular complexity index is 143. The minimum atomic E-state index is 0.0406. The van der Waals surface area contributed by atoms with E-state index in [0.29, 0.717) is 18.9 Å². The molecule has 0 fully saturated rings. The number of nitrogens with two attached hydrogens (primary N) is 1. The molecule has 4 heteroatoms. The van der Waals surface area contributed by atoms with Crippen LogP contribution in [0.2, 0.25) is 0 Å². The van der Waals surface area contributed by atoms with Gasteiger partial charge in [0.25, 0.3) is 0 Å². The molecule has 0 aromatic carbocycles. The molecule has 0 saturated heterocycles. The number of nitrogens with one attached hydrogen (secondary N) is 1. The van der Waals surface area contributed by atoms with Crippen LogP contribution in [0, 0.1) is 5.53 Å². The lowest BCUT2D eigenvalue weighted by molar-refractivity contribution is 0.144. The first-order valence-corrected chi connectivity index (χ1v) is 3.56. The zero-order valence-corrected chi connectivity index (χ0v) is 7.00. The topological polar surface area (TPSA) is 71.5 Å². The van der Waals surface area contributed by atoms with E-state index in [2.05, 4.69) is 5.11 Å². The number of hydrogen-bond donors (Lipinski definition) is 2. The summed E-state index contributed by atoms with van der Waals surface area (Å²) in [6.45, 7) is 4.57. The number of nitrogens with zero attached hydrogens (tertiary/aromatic N) is 1. The molecule has 0 heterocycles. The third kappa shape index (κ3) is 5.69. The summed E-state index contributed by atoms with van der Waals surface area (Å²) < 4.78 is 5.13. The van der Waals surface area contributed by atoms with Crippen LogP contribution >= 0.6 is 0 Å². The molecule has 11 heavy (non-hydrogen) atoms. The SMILES string of the molecule is C/C=C(\COC[C@@H](C)N)N=N. The second-order valence-electron chi connectivity index (χ2n) is 2.38. The number of ether oxygens (including phenoxy) is 1. The fraction of sp³-hybridized carbons (Fsp3) is 0.714.